The Hall–Kier alpha value is -2.79. The van der Waals surface area contributed by atoms with Crippen LogP contribution in [-0.2, 0) is 17.9 Å². The van der Waals surface area contributed by atoms with E-state index in [1.165, 1.54) is 0 Å². The number of nitrogens with zero attached hydrogens (tertiary/aromatic N) is 2. The topological polar surface area (TPSA) is 55.6 Å². The average Bonchev–Trinajstić information content (AvgIpc) is 3.14. The van der Waals surface area contributed by atoms with Gasteiger partial charge >= 0.3 is 0 Å². The first kappa shape index (κ1) is 17.0. The summed E-state index contributed by atoms with van der Waals surface area (Å²) in [6.07, 6.45) is 5.00. The van der Waals surface area contributed by atoms with Crippen LogP contribution < -0.4 is 4.74 Å². The number of hydrogen-bond acceptors (Lipinski definition) is 4. The third-order valence-electron chi connectivity index (χ3n) is 3.58. The highest BCUT2D eigenvalue weighted by molar-refractivity contribution is 6.30. The number of carbonyl (C=O) groups excluding carboxylic acids is 1. The molecule has 128 valence electrons. The smallest absolute Gasteiger partial charge is 0.261 e. The lowest BCUT2D eigenvalue weighted by molar-refractivity contribution is -0.134. The molecule has 0 atom stereocenters. The number of hydrogen-bond donors (Lipinski definition) is 0. The molecule has 0 bridgehead atoms. The summed E-state index contributed by atoms with van der Waals surface area (Å²) in [5.41, 5.74) is 0.987. The largest absolute Gasteiger partial charge is 0.484 e. The maximum absolute atomic E-state index is 12.6. The molecule has 2 aromatic heterocycles. The van der Waals surface area contributed by atoms with Gasteiger partial charge in [-0.1, -0.05) is 11.6 Å². The van der Waals surface area contributed by atoms with Gasteiger partial charge in [-0.15, -0.1) is 0 Å². The fraction of sp³-hybridized carbons (Fsp3) is 0.158. The van der Waals surface area contributed by atoms with E-state index in [2.05, 4.69) is 4.98 Å². The molecule has 0 N–H and O–H groups in total. The normalized spacial score (nSPS) is 10.4. The van der Waals surface area contributed by atoms with Crippen LogP contribution in [0.5, 0.6) is 5.75 Å². The molecule has 0 aliphatic carbocycles. The number of furan rings is 1. The number of aromatic nitrogens is 1. The van der Waals surface area contributed by atoms with Gasteiger partial charge < -0.3 is 14.1 Å². The van der Waals surface area contributed by atoms with E-state index in [4.69, 9.17) is 20.8 Å². The minimum absolute atomic E-state index is 0.0621. The van der Waals surface area contributed by atoms with Gasteiger partial charge in [-0.25, -0.2) is 0 Å². The molecular weight excluding hydrogens is 340 g/mol. The van der Waals surface area contributed by atoms with Gasteiger partial charge in [0.05, 0.1) is 12.8 Å². The Kier molecular flexibility index (Phi) is 5.69. The molecule has 3 rings (SSSR count). The minimum Gasteiger partial charge on any atom is -0.484 e. The first-order valence-corrected chi connectivity index (χ1v) is 8.16. The van der Waals surface area contributed by atoms with Crippen molar-refractivity contribution >= 4 is 17.5 Å². The zero-order chi connectivity index (χ0) is 17.5. The van der Waals surface area contributed by atoms with Gasteiger partial charge in [0.15, 0.2) is 6.61 Å². The van der Waals surface area contributed by atoms with E-state index in [0.29, 0.717) is 29.6 Å². The molecule has 0 aliphatic heterocycles. The third-order valence-corrected chi connectivity index (χ3v) is 3.83. The van der Waals surface area contributed by atoms with Crippen LogP contribution in [-0.4, -0.2) is 22.4 Å². The van der Waals surface area contributed by atoms with Crippen molar-refractivity contribution in [1.82, 2.24) is 9.88 Å². The lowest BCUT2D eigenvalue weighted by atomic mass is 10.2. The number of pyridine rings is 1. The average molecular weight is 357 g/mol. The highest BCUT2D eigenvalue weighted by Gasteiger charge is 2.16. The van der Waals surface area contributed by atoms with Crippen LogP contribution in [0.1, 0.15) is 11.3 Å². The number of amides is 1. The number of ether oxygens (including phenoxy) is 1. The van der Waals surface area contributed by atoms with Crippen molar-refractivity contribution in [3.63, 3.8) is 0 Å². The molecule has 0 radical (unpaired) electrons. The Morgan fingerprint density at radius 3 is 2.52 bits per heavy atom. The zero-order valence-corrected chi connectivity index (χ0v) is 14.2. The Bertz CT molecular complexity index is 789. The maximum Gasteiger partial charge on any atom is 0.261 e. The summed E-state index contributed by atoms with van der Waals surface area (Å²) in [6, 6.07) is 14.3. The molecule has 0 saturated carbocycles. The molecule has 5 nitrogen and oxygen atoms in total. The number of rotatable bonds is 7. The van der Waals surface area contributed by atoms with Crippen LogP contribution >= 0.6 is 11.6 Å². The Morgan fingerprint density at radius 1 is 1.08 bits per heavy atom. The molecule has 1 aromatic carbocycles. The van der Waals surface area contributed by atoms with Gasteiger partial charge in [0.2, 0.25) is 0 Å². The van der Waals surface area contributed by atoms with Gasteiger partial charge in [-0.2, -0.15) is 0 Å². The van der Waals surface area contributed by atoms with Crippen LogP contribution in [0.15, 0.2) is 71.6 Å². The predicted octanol–water partition coefficient (Wildman–Crippen LogP) is 3.94. The Morgan fingerprint density at radius 2 is 1.84 bits per heavy atom. The second-order valence-corrected chi connectivity index (χ2v) is 5.86. The van der Waals surface area contributed by atoms with Gasteiger partial charge in [0.1, 0.15) is 11.5 Å². The molecule has 6 heteroatoms. The van der Waals surface area contributed by atoms with E-state index < -0.39 is 0 Å². The van der Waals surface area contributed by atoms with Crippen LogP contribution in [0, 0.1) is 0 Å². The zero-order valence-electron chi connectivity index (χ0n) is 13.5. The molecule has 3 aromatic rings. The number of carbonyl (C=O) groups is 1. The van der Waals surface area contributed by atoms with Gasteiger partial charge in [-0.3, -0.25) is 9.78 Å². The fourth-order valence-corrected chi connectivity index (χ4v) is 2.42. The molecule has 0 unspecified atom stereocenters. The second-order valence-electron chi connectivity index (χ2n) is 5.43. The van der Waals surface area contributed by atoms with Crippen LogP contribution in [0.2, 0.25) is 5.02 Å². The van der Waals surface area contributed by atoms with Crippen LogP contribution in [0.3, 0.4) is 0 Å². The summed E-state index contributed by atoms with van der Waals surface area (Å²) >= 11 is 5.85. The SMILES string of the molecule is O=C(COc1ccc(Cl)cc1)N(Cc1ccncc1)Cc1ccco1. The standard InChI is InChI=1S/C19H17ClN2O3/c20-16-3-5-17(6-4-16)25-14-19(23)22(13-18-2-1-11-24-18)12-15-7-9-21-10-8-15/h1-11H,12-14H2. The summed E-state index contributed by atoms with van der Waals surface area (Å²) in [6.45, 7) is 0.761. The monoisotopic (exact) mass is 356 g/mol. The lowest BCUT2D eigenvalue weighted by Crippen LogP contribution is -2.34. The van der Waals surface area contributed by atoms with Crippen molar-refractivity contribution in [3.05, 3.63) is 83.5 Å². The van der Waals surface area contributed by atoms with Crippen LogP contribution in [0.25, 0.3) is 0 Å². The first-order chi connectivity index (χ1) is 12.2. The van der Waals surface area contributed by atoms with E-state index in [-0.39, 0.29) is 12.5 Å². The molecule has 25 heavy (non-hydrogen) atoms. The summed E-state index contributed by atoms with van der Waals surface area (Å²) in [4.78, 5) is 18.3. The minimum atomic E-state index is -0.136. The fourth-order valence-electron chi connectivity index (χ4n) is 2.30. The molecule has 2 heterocycles. The highest BCUT2D eigenvalue weighted by atomic mass is 35.5. The van der Waals surface area contributed by atoms with E-state index in [0.717, 1.165) is 5.56 Å². The number of halogens is 1. The van der Waals surface area contributed by atoms with Crippen molar-refractivity contribution in [2.45, 2.75) is 13.1 Å². The van der Waals surface area contributed by atoms with Crippen molar-refractivity contribution < 1.29 is 13.9 Å². The van der Waals surface area contributed by atoms with Gasteiger partial charge in [-0.05, 0) is 54.1 Å². The van der Waals surface area contributed by atoms with Crippen molar-refractivity contribution in [3.8, 4) is 5.75 Å². The van der Waals surface area contributed by atoms with Crippen molar-refractivity contribution in [2.75, 3.05) is 6.61 Å². The Labute approximate surface area is 150 Å². The highest BCUT2D eigenvalue weighted by Crippen LogP contribution is 2.16. The lowest BCUT2D eigenvalue weighted by Gasteiger charge is -2.22. The van der Waals surface area contributed by atoms with E-state index in [1.54, 1.807) is 53.9 Å². The molecule has 0 saturated heterocycles. The van der Waals surface area contributed by atoms with E-state index >= 15 is 0 Å². The molecular formula is C19H17ClN2O3. The van der Waals surface area contributed by atoms with E-state index in [1.807, 2.05) is 18.2 Å². The molecule has 0 spiro atoms. The second kappa shape index (κ2) is 8.35. The first-order valence-electron chi connectivity index (χ1n) is 7.78. The third kappa shape index (κ3) is 5.09. The molecule has 0 aliphatic rings. The molecule has 1 amide bonds. The summed E-state index contributed by atoms with van der Waals surface area (Å²) in [5, 5.41) is 0.621. The van der Waals surface area contributed by atoms with Crippen LogP contribution in [0.4, 0.5) is 0 Å². The van der Waals surface area contributed by atoms with Gasteiger partial charge in [0.25, 0.3) is 5.91 Å². The molecule has 0 fully saturated rings. The Balaban J connectivity index is 1.66. The predicted molar refractivity (Wildman–Crippen MR) is 94.1 cm³/mol. The maximum atomic E-state index is 12.6. The van der Waals surface area contributed by atoms with Gasteiger partial charge in [0, 0.05) is 24.0 Å². The summed E-state index contributed by atoms with van der Waals surface area (Å²) < 4.78 is 10.9. The summed E-state index contributed by atoms with van der Waals surface area (Å²) in [5.74, 6) is 1.18. The van der Waals surface area contributed by atoms with E-state index in [9.17, 15) is 4.79 Å². The van der Waals surface area contributed by atoms with Crippen molar-refractivity contribution in [2.24, 2.45) is 0 Å². The summed E-state index contributed by atoms with van der Waals surface area (Å²) in [7, 11) is 0. The number of benzene rings is 1. The quantitative estimate of drug-likeness (QED) is 0.643. The van der Waals surface area contributed by atoms with Crippen molar-refractivity contribution in [1.29, 1.82) is 0 Å².